The highest BCUT2D eigenvalue weighted by Gasteiger charge is 2.07. The smallest absolute Gasteiger partial charge is 0.0766 e. The molecule has 3 N–H and O–H groups in total. The van der Waals surface area contributed by atoms with Crippen LogP contribution in [0.4, 0.5) is 0 Å². The average Bonchev–Trinajstić information content (AvgIpc) is 2.12. The van der Waals surface area contributed by atoms with E-state index in [-0.39, 0.29) is 6.10 Å². The van der Waals surface area contributed by atoms with Crippen molar-refractivity contribution in [3.8, 4) is 0 Å². The summed E-state index contributed by atoms with van der Waals surface area (Å²) in [5.41, 5.74) is 6.44. The van der Waals surface area contributed by atoms with Crippen molar-refractivity contribution in [2.24, 2.45) is 5.73 Å². The van der Waals surface area contributed by atoms with Gasteiger partial charge < -0.3 is 15.6 Å². The van der Waals surface area contributed by atoms with Crippen molar-refractivity contribution in [3.05, 3.63) is 11.6 Å². The van der Waals surface area contributed by atoms with Gasteiger partial charge in [0.2, 0.25) is 0 Å². The van der Waals surface area contributed by atoms with Crippen molar-refractivity contribution in [1.82, 2.24) is 0 Å². The largest absolute Gasteiger partial charge is 0.389 e. The Bertz CT molecular complexity index is 145. The molecule has 12 heavy (non-hydrogen) atoms. The monoisotopic (exact) mass is 173 g/mol. The molecule has 3 heteroatoms. The molecule has 0 rings (SSSR count). The van der Waals surface area contributed by atoms with Crippen LogP contribution in [0.25, 0.3) is 0 Å². The van der Waals surface area contributed by atoms with E-state index in [0.29, 0.717) is 13.0 Å². The van der Waals surface area contributed by atoms with Crippen LogP contribution in [0, 0.1) is 0 Å². The molecule has 0 amide bonds. The van der Waals surface area contributed by atoms with Gasteiger partial charge in [0.05, 0.1) is 12.2 Å². The van der Waals surface area contributed by atoms with E-state index >= 15 is 0 Å². The van der Waals surface area contributed by atoms with Gasteiger partial charge in [-0.2, -0.15) is 0 Å². The third-order valence-corrected chi connectivity index (χ3v) is 1.94. The van der Waals surface area contributed by atoms with Crippen LogP contribution in [0.2, 0.25) is 0 Å². The molecule has 0 aliphatic rings. The Morgan fingerprint density at radius 2 is 2.25 bits per heavy atom. The minimum absolute atomic E-state index is 0.00352. The molecule has 0 heterocycles. The molecule has 72 valence electrons. The van der Waals surface area contributed by atoms with Crippen LogP contribution in [0.1, 0.15) is 20.3 Å². The number of hydrogen-bond donors (Lipinski definition) is 2. The summed E-state index contributed by atoms with van der Waals surface area (Å²) in [5.74, 6) is 0. The van der Waals surface area contributed by atoms with E-state index in [9.17, 15) is 5.11 Å². The molecule has 0 aliphatic carbocycles. The van der Waals surface area contributed by atoms with Gasteiger partial charge in [-0.05, 0) is 18.9 Å². The van der Waals surface area contributed by atoms with Gasteiger partial charge in [0.15, 0.2) is 0 Å². The molecule has 2 atom stereocenters. The Hall–Kier alpha value is -0.380. The summed E-state index contributed by atoms with van der Waals surface area (Å²) in [4.78, 5) is 0. The lowest BCUT2D eigenvalue weighted by Crippen LogP contribution is -2.19. The molecule has 3 nitrogen and oxygen atoms in total. The lowest BCUT2D eigenvalue weighted by Gasteiger charge is -2.14. The molecule has 0 bridgehead atoms. The van der Waals surface area contributed by atoms with Crippen LogP contribution in [0.15, 0.2) is 11.6 Å². The second kappa shape index (κ2) is 6.17. The van der Waals surface area contributed by atoms with Crippen molar-refractivity contribution in [2.75, 3.05) is 13.7 Å². The van der Waals surface area contributed by atoms with Crippen molar-refractivity contribution in [1.29, 1.82) is 0 Å². The first-order chi connectivity index (χ1) is 5.65. The normalized spacial score (nSPS) is 17.6. The van der Waals surface area contributed by atoms with Gasteiger partial charge in [-0.3, -0.25) is 0 Å². The number of hydrogen-bond acceptors (Lipinski definition) is 3. The fourth-order valence-electron chi connectivity index (χ4n) is 0.886. The standard InChI is InChI=1S/C9H19NO2/c1-4-9(11)5-8(6-10)7(2)12-3/h5,7,9,11H,4,6,10H2,1-3H3/b8-5-/t7-,9?/m0/s1. The van der Waals surface area contributed by atoms with E-state index in [1.807, 2.05) is 13.8 Å². The molecule has 0 radical (unpaired) electrons. The minimum atomic E-state index is -0.402. The molecule has 1 unspecified atom stereocenters. The zero-order valence-corrected chi connectivity index (χ0v) is 8.08. The third-order valence-electron chi connectivity index (χ3n) is 1.94. The average molecular weight is 173 g/mol. The molecule has 0 spiro atoms. The van der Waals surface area contributed by atoms with Gasteiger partial charge in [0.25, 0.3) is 0 Å². The SMILES string of the molecule is CCC(O)/C=C(/CN)[C@H](C)OC. The summed E-state index contributed by atoms with van der Waals surface area (Å²) >= 11 is 0. The molecule has 0 aromatic heterocycles. The van der Waals surface area contributed by atoms with E-state index < -0.39 is 6.10 Å². The number of nitrogens with two attached hydrogens (primary N) is 1. The van der Waals surface area contributed by atoms with E-state index in [2.05, 4.69) is 0 Å². The minimum Gasteiger partial charge on any atom is -0.389 e. The number of ether oxygens (including phenoxy) is 1. The second-order valence-corrected chi connectivity index (χ2v) is 2.80. The van der Waals surface area contributed by atoms with Gasteiger partial charge in [0.1, 0.15) is 0 Å². The van der Waals surface area contributed by atoms with E-state index in [4.69, 9.17) is 10.5 Å². The van der Waals surface area contributed by atoms with E-state index in [1.165, 1.54) is 0 Å². The highest BCUT2D eigenvalue weighted by molar-refractivity contribution is 5.11. The molecular weight excluding hydrogens is 154 g/mol. The summed E-state index contributed by atoms with van der Waals surface area (Å²) in [6.07, 6.45) is 2.08. The van der Waals surface area contributed by atoms with Gasteiger partial charge >= 0.3 is 0 Å². The van der Waals surface area contributed by atoms with Crippen LogP contribution >= 0.6 is 0 Å². The quantitative estimate of drug-likeness (QED) is 0.601. The maximum absolute atomic E-state index is 9.32. The molecule has 0 aromatic rings. The molecule has 0 fully saturated rings. The van der Waals surface area contributed by atoms with Gasteiger partial charge in [0, 0.05) is 13.7 Å². The molecule has 0 aliphatic heterocycles. The summed E-state index contributed by atoms with van der Waals surface area (Å²) in [7, 11) is 1.63. The van der Waals surface area contributed by atoms with Crippen LogP contribution in [0.3, 0.4) is 0 Å². The van der Waals surface area contributed by atoms with Crippen molar-refractivity contribution in [2.45, 2.75) is 32.5 Å². The van der Waals surface area contributed by atoms with Crippen LogP contribution < -0.4 is 5.73 Å². The zero-order chi connectivity index (χ0) is 9.56. The Morgan fingerprint density at radius 1 is 1.67 bits per heavy atom. The van der Waals surface area contributed by atoms with Crippen LogP contribution in [0.5, 0.6) is 0 Å². The van der Waals surface area contributed by atoms with Gasteiger partial charge in [-0.25, -0.2) is 0 Å². The fraction of sp³-hybridized carbons (Fsp3) is 0.778. The second-order valence-electron chi connectivity index (χ2n) is 2.80. The zero-order valence-electron chi connectivity index (χ0n) is 8.08. The Labute approximate surface area is 74.2 Å². The molecule has 0 aromatic carbocycles. The van der Waals surface area contributed by atoms with Crippen molar-refractivity contribution in [3.63, 3.8) is 0 Å². The lowest BCUT2D eigenvalue weighted by atomic mass is 10.1. The summed E-state index contributed by atoms with van der Waals surface area (Å²) in [6, 6.07) is 0. The Kier molecular flexibility index (Phi) is 5.98. The highest BCUT2D eigenvalue weighted by Crippen LogP contribution is 2.06. The summed E-state index contributed by atoms with van der Waals surface area (Å²) in [5, 5.41) is 9.32. The number of methoxy groups -OCH3 is 1. The predicted molar refractivity (Wildman–Crippen MR) is 49.9 cm³/mol. The Morgan fingerprint density at radius 3 is 2.58 bits per heavy atom. The molecule has 0 saturated heterocycles. The fourth-order valence-corrected chi connectivity index (χ4v) is 0.886. The summed E-state index contributed by atoms with van der Waals surface area (Å²) < 4.78 is 5.09. The predicted octanol–water partition coefficient (Wildman–Crippen LogP) is 0.677. The third kappa shape index (κ3) is 3.85. The first-order valence-corrected chi connectivity index (χ1v) is 4.27. The lowest BCUT2D eigenvalue weighted by molar-refractivity contribution is 0.142. The van der Waals surface area contributed by atoms with E-state index in [0.717, 1.165) is 5.57 Å². The maximum Gasteiger partial charge on any atom is 0.0766 e. The van der Waals surface area contributed by atoms with Crippen LogP contribution in [-0.2, 0) is 4.74 Å². The van der Waals surface area contributed by atoms with Gasteiger partial charge in [-0.1, -0.05) is 13.0 Å². The maximum atomic E-state index is 9.32. The van der Waals surface area contributed by atoms with Crippen LogP contribution in [-0.4, -0.2) is 31.0 Å². The number of aliphatic hydroxyl groups excluding tert-OH is 1. The topological polar surface area (TPSA) is 55.5 Å². The number of aliphatic hydroxyl groups is 1. The first kappa shape index (κ1) is 11.6. The van der Waals surface area contributed by atoms with Gasteiger partial charge in [-0.15, -0.1) is 0 Å². The van der Waals surface area contributed by atoms with E-state index in [1.54, 1.807) is 13.2 Å². The van der Waals surface area contributed by atoms with Crippen molar-refractivity contribution >= 4 is 0 Å². The first-order valence-electron chi connectivity index (χ1n) is 4.27. The molecular formula is C9H19NO2. The number of rotatable bonds is 5. The van der Waals surface area contributed by atoms with Crippen molar-refractivity contribution < 1.29 is 9.84 Å². The molecule has 0 saturated carbocycles. The summed E-state index contributed by atoms with van der Waals surface area (Å²) in [6.45, 7) is 4.28. The Balaban J connectivity index is 4.21. The highest BCUT2D eigenvalue weighted by atomic mass is 16.5.